The molecule has 6 heteroatoms. The van der Waals surface area contributed by atoms with Crippen molar-refractivity contribution in [2.24, 2.45) is 0 Å². The Labute approximate surface area is 128 Å². The first-order valence-electron chi connectivity index (χ1n) is 5.76. The fourth-order valence-electron chi connectivity index (χ4n) is 1.46. The van der Waals surface area contributed by atoms with E-state index in [9.17, 15) is 4.79 Å². The maximum Gasteiger partial charge on any atom is 0.328 e. The van der Waals surface area contributed by atoms with Gasteiger partial charge in [-0.1, -0.05) is 46.9 Å². The first kappa shape index (κ1) is 16.4. The highest BCUT2D eigenvalue weighted by Gasteiger charge is 2.24. The molecule has 0 heterocycles. The number of esters is 1. The van der Waals surface area contributed by atoms with Crippen LogP contribution in [0.25, 0.3) is 0 Å². The van der Waals surface area contributed by atoms with Crippen molar-refractivity contribution in [3.05, 3.63) is 29.3 Å². The number of alkyl halides is 3. The fourth-order valence-corrected chi connectivity index (χ4v) is 1.63. The number of hydrogen-bond acceptors (Lipinski definition) is 3. The lowest BCUT2D eigenvalue weighted by molar-refractivity contribution is -0.144. The number of rotatable bonds is 4. The average molecular weight is 325 g/mol. The molecule has 0 saturated heterocycles. The first-order valence-corrected chi connectivity index (χ1v) is 6.89. The number of hydrogen-bond donors (Lipinski definition) is 1. The molecule has 3 nitrogen and oxygen atoms in total. The third-order valence-corrected chi connectivity index (χ3v) is 2.82. The molecule has 1 atom stereocenters. The molecule has 0 amide bonds. The normalized spacial score (nSPS) is 12.9. The van der Waals surface area contributed by atoms with Gasteiger partial charge in [0.1, 0.15) is 12.6 Å². The van der Waals surface area contributed by atoms with Gasteiger partial charge in [0.25, 0.3) is 0 Å². The number of carbonyl (C=O) groups is 1. The Kier molecular flexibility index (Phi) is 5.78. The summed E-state index contributed by atoms with van der Waals surface area (Å²) in [5, 5.41) is 3.08. The van der Waals surface area contributed by atoms with Gasteiger partial charge >= 0.3 is 5.97 Å². The number of carbonyl (C=O) groups excluding carboxylic acids is 1. The smallest absolute Gasteiger partial charge is 0.328 e. The van der Waals surface area contributed by atoms with Crippen LogP contribution in [-0.4, -0.2) is 22.4 Å². The fraction of sp³-hybridized carbons (Fsp3) is 0.462. The van der Waals surface area contributed by atoms with Crippen LogP contribution in [-0.2, 0) is 9.53 Å². The van der Waals surface area contributed by atoms with Gasteiger partial charge in [0.15, 0.2) is 0 Å². The SMILES string of the molecule is Cc1ccc(C)c(N[C@@H](C)C(=O)OCC(Cl)(Cl)Cl)c1. The molecule has 0 aliphatic carbocycles. The van der Waals surface area contributed by atoms with Gasteiger partial charge < -0.3 is 10.1 Å². The van der Waals surface area contributed by atoms with Crippen molar-refractivity contribution in [2.45, 2.75) is 30.6 Å². The van der Waals surface area contributed by atoms with Crippen LogP contribution in [0.4, 0.5) is 5.69 Å². The third kappa shape index (κ3) is 5.89. The predicted octanol–water partition coefficient (Wildman–Crippen LogP) is 4.02. The molecule has 0 radical (unpaired) electrons. The van der Waals surface area contributed by atoms with Crippen LogP contribution in [0.1, 0.15) is 18.1 Å². The van der Waals surface area contributed by atoms with E-state index >= 15 is 0 Å². The molecular weight excluding hydrogens is 309 g/mol. The highest BCUT2D eigenvalue weighted by molar-refractivity contribution is 6.67. The lowest BCUT2D eigenvalue weighted by atomic mass is 10.1. The summed E-state index contributed by atoms with van der Waals surface area (Å²) in [6, 6.07) is 5.44. The number of benzene rings is 1. The Morgan fingerprint density at radius 3 is 2.58 bits per heavy atom. The molecule has 1 N–H and O–H groups in total. The minimum Gasteiger partial charge on any atom is -0.460 e. The van der Waals surface area contributed by atoms with E-state index in [1.54, 1.807) is 6.92 Å². The highest BCUT2D eigenvalue weighted by atomic mass is 35.6. The van der Waals surface area contributed by atoms with Gasteiger partial charge in [-0.2, -0.15) is 0 Å². The topological polar surface area (TPSA) is 38.3 Å². The number of ether oxygens (including phenoxy) is 1. The van der Waals surface area contributed by atoms with Gasteiger partial charge in [-0.05, 0) is 38.0 Å². The second-order valence-electron chi connectivity index (χ2n) is 4.41. The Balaban J connectivity index is 2.61. The van der Waals surface area contributed by atoms with Crippen LogP contribution >= 0.6 is 34.8 Å². The van der Waals surface area contributed by atoms with Crippen molar-refractivity contribution in [1.82, 2.24) is 0 Å². The van der Waals surface area contributed by atoms with Crippen molar-refractivity contribution in [2.75, 3.05) is 11.9 Å². The van der Waals surface area contributed by atoms with Crippen LogP contribution in [0.15, 0.2) is 18.2 Å². The summed E-state index contributed by atoms with van der Waals surface area (Å²) < 4.78 is 3.32. The van der Waals surface area contributed by atoms with Crippen LogP contribution in [0.3, 0.4) is 0 Å². The molecule has 19 heavy (non-hydrogen) atoms. The van der Waals surface area contributed by atoms with Crippen LogP contribution in [0, 0.1) is 13.8 Å². The molecule has 1 rings (SSSR count). The first-order chi connectivity index (χ1) is 8.69. The van der Waals surface area contributed by atoms with E-state index in [0.717, 1.165) is 16.8 Å². The highest BCUT2D eigenvalue weighted by Crippen LogP contribution is 2.26. The summed E-state index contributed by atoms with van der Waals surface area (Å²) in [6.07, 6.45) is 0. The lowest BCUT2D eigenvalue weighted by Gasteiger charge is -2.18. The van der Waals surface area contributed by atoms with Crippen LogP contribution in [0.5, 0.6) is 0 Å². The minimum absolute atomic E-state index is 0.269. The zero-order valence-electron chi connectivity index (χ0n) is 11.0. The van der Waals surface area contributed by atoms with Gasteiger partial charge in [-0.15, -0.1) is 0 Å². The number of nitrogens with one attached hydrogen (secondary N) is 1. The second kappa shape index (κ2) is 6.69. The van der Waals surface area contributed by atoms with E-state index in [1.165, 1.54) is 0 Å². The van der Waals surface area contributed by atoms with Gasteiger partial charge in [-0.25, -0.2) is 4.79 Å². The summed E-state index contributed by atoms with van der Waals surface area (Å²) in [4.78, 5) is 11.7. The zero-order chi connectivity index (χ0) is 14.6. The van der Waals surface area contributed by atoms with E-state index < -0.39 is 15.8 Å². The van der Waals surface area contributed by atoms with Gasteiger partial charge in [-0.3, -0.25) is 0 Å². The quantitative estimate of drug-likeness (QED) is 0.671. The van der Waals surface area contributed by atoms with Crippen LogP contribution in [0.2, 0.25) is 0 Å². The van der Waals surface area contributed by atoms with Crippen molar-refractivity contribution in [3.8, 4) is 0 Å². The average Bonchev–Trinajstić information content (AvgIpc) is 2.29. The molecule has 0 unspecified atom stereocenters. The predicted molar refractivity (Wildman–Crippen MR) is 80.2 cm³/mol. The van der Waals surface area contributed by atoms with Crippen molar-refractivity contribution >= 4 is 46.5 Å². The summed E-state index contributed by atoms with van der Waals surface area (Å²) in [5.74, 6) is -0.466. The van der Waals surface area contributed by atoms with Crippen molar-refractivity contribution in [3.63, 3.8) is 0 Å². The Hall–Kier alpha value is -0.640. The Bertz CT molecular complexity index is 458. The summed E-state index contributed by atoms with van der Waals surface area (Å²) in [5.41, 5.74) is 3.04. The van der Waals surface area contributed by atoms with Gasteiger partial charge in [0, 0.05) is 5.69 Å². The monoisotopic (exact) mass is 323 g/mol. The van der Waals surface area contributed by atoms with E-state index in [0.29, 0.717) is 0 Å². The molecular formula is C13H16Cl3NO2. The lowest BCUT2D eigenvalue weighted by Crippen LogP contribution is -2.31. The van der Waals surface area contributed by atoms with Gasteiger partial charge in [0.2, 0.25) is 3.79 Å². The van der Waals surface area contributed by atoms with E-state index in [1.807, 2.05) is 32.0 Å². The number of halogens is 3. The molecule has 0 bridgehead atoms. The van der Waals surface area contributed by atoms with Crippen molar-refractivity contribution < 1.29 is 9.53 Å². The molecule has 0 spiro atoms. The second-order valence-corrected chi connectivity index (χ2v) is 6.92. The molecule has 106 valence electrons. The van der Waals surface area contributed by atoms with E-state index in [-0.39, 0.29) is 6.61 Å². The minimum atomic E-state index is -1.59. The summed E-state index contributed by atoms with van der Waals surface area (Å²) in [7, 11) is 0. The maximum absolute atomic E-state index is 11.7. The van der Waals surface area contributed by atoms with E-state index in [2.05, 4.69) is 5.32 Å². The molecule has 1 aromatic carbocycles. The molecule has 0 fully saturated rings. The molecule has 0 aliphatic rings. The molecule has 0 aromatic heterocycles. The molecule has 0 saturated carbocycles. The molecule has 1 aromatic rings. The summed E-state index contributed by atoms with van der Waals surface area (Å²) >= 11 is 16.6. The maximum atomic E-state index is 11.7. The summed E-state index contributed by atoms with van der Waals surface area (Å²) in [6.45, 7) is 5.37. The Morgan fingerprint density at radius 2 is 2.00 bits per heavy atom. The Morgan fingerprint density at radius 1 is 1.37 bits per heavy atom. The third-order valence-electron chi connectivity index (χ3n) is 2.50. The van der Waals surface area contributed by atoms with E-state index in [4.69, 9.17) is 39.5 Å². The van der Waals surface area contributed by atoms with Gasteiger partial charge in [0.05, 0.1) is 0 Å². The zero-order valence-corrected chi connectivity index (χ0v) is 13.2. The number of aryl methyl sites for hydroxylation is 2. The standard InChI is InChI=1S/C13H16Cl3NO2/c1-8-4-5-9(2)11(6-8)17-10(3)12(18)19-7-13(14,15)16/h4-6,10,17H,7H2,1-3H3/t10-/m0/s1. The largest absolute Gasteiger partial charge is 0.460 e. The van der Waals surface area contributed by atoms with Crippen LogP contribution < -0.4 is 5.32 Å². The molecule has 0 aliphatic heterocycles. The van der Waals surface area contributed by atoms with Crippen molar-refractivity contribution in [1.29, 1.82) is 0 Å². The number of anilines is 1.